The normalized spacial score (nSPS) is 11.9. The number of ether oxygens (including phenoxy) is 3. The molecule has 30 heavy (non-hydrogen) atoms. The summed E-state index contributed by atoms with van der Waals surface area (Å²) in [6.45, 7) is 8.15. The fourth-order valence-corrected chi connectivity index (χ4v) is 2.43. The van der Waals surface area contributed by atoms with Gasteiger partial charge < -0.3 is 24.8 Å². The Labute approximate surface area is 194 Å². The Balaban J connectivity index is 0.00000841. The van der Waals surface area contributed by atoms with Crippen molar-refractivity contribution < 1.29 is 27.4 Å². The molecule has 1 rings (SSSR count). The number of nitrogens with zero attached hydrogens (tertiary/aromatic N) is 1. The van der Waals surface area contributed by atoms with E-state index >= 15 is 0 Å². The van der Waals surface area contributed by atoms with Gasteiger partial charge in [0, 0.05) is 26.8 Å². The average molecular weight is 547 g/mol. The van der Waals surface area contributed by atoms with Gasteiger partial charge in [-0.05, 0) is 44.9 Å². The molecule has 0 bridgehead atoms. The number of hydrogen-bond acceptors (Lipinski definition) is 4. The monoisotopic (exact) mass is 547 g/mol. The number of rotatable bonds is 12. The molecule has 0 amide bonds. The van der Waals surface area contributed by atoms with E-state index < -0.39 is 11.7 Å². The molecule has 0 fully saturated rings. The van der Waals surface area contributed by atoms with Gasteiger partial charge in [-0.3, -0.25) is 0 Å². The van der Waals surface area contributed by atoms with E-state index in [0.29, 0.717) is 38.9 Å². The fraction of sp³-hybridized carbons (Fsp3) is 0.650. The van der Waals surface area contributed by atoms with Gasteiger partial charge in [0.05, 0.1) is 31.4 Å². The van der Waals surface area contributed by atoms with Crippen molar-refractivity contribution in [2.75, 3.05) is 40.0 Å². The molecule has 0 aliphatic rings. The SMILES string of the molecule is CCNC(=NCc1ccc(OC(C)C)cc1C(F)(F)F)NCCCOCCOC.I. The number of nitrogens with one attached hydrogen (secondary N) is 2. The minimum Gasteiger partial charge on any atom is -0.491 e. The zero-order chi connectivity index (χ0) is 21.7. The topological polar surface area (TPSA) is 64.1 Å². The van der Waals surface area contributed by atoms with E-state index in [2.05, 4.69) is 15.6 Å². The summed E-state index contributed by atoms with van der Waals surface area (Å²) in [4.78, 5) is 4.29. The van der Waals surface area contributed by atoms with E-state index in [0.717, 1.165) is 12.5 Å². The highest BCUT2D eigenvalue weighted by atomic mass is 127. The standard InChI is InChI=1S/C20H32F3N3O3.HI/c1-5-24-19(25-9-6-10-28-12-11-27-4)26-14-16-7-8-17(29-15(2)3)13-18(16)20(21,22)23;/h7-8,13,15H,5-6,9-12,14H2,1-4H3,(H2,24,25,26);1H. The first kappa shape index (κ1) is 28.7. The zero-order valence-electron chi connectivity index (χ0n) is 18.0. The van der Waals surface area contributed by atoms with Crippen LogP contribution in [0.3, 0.4) is 0 Å². The highest BCUT2D eigenvalue weighted by Gasteiger charge is 2.33. The van der Waals surface area contributed by atoms with Gasteiger partial charge in [-0.15, -0.1) is 24.0 Å². The summed E-state index contributed by atoms with van der Waals surface area (Å²) in [7, 11) is 1.61. The second-order valence-electron chi connectivity index (χ2n) is 6.56. The largest absolute Gasteiger partial charge is 0.491 e. The van der Waals surface area contributed by atoms with Crippen molar-refractivity contribution in [2.24, 2.45) is 4.99 Å². The molecule has 0 saturated carbocycles. The minimum absolute atomic E-state index is 0. The Hall–Kier alpha value is -1.27. The lowest BCUT2D eigenvalue weighted by molar-refractivity contribution is -0.138. The second kappa shape index (κ2) is 15.5. The van der Waals surface area contributed by atoms with E-state index in [1.165, 1.54) is 12.1 Å². The maximum Gasteiger partial charge on any atom is 0.416 e. The van der Waals surface area contributed by atoms with Gasteiger partial charge in [-0.2, -0.15) is 13.2 Å². The third kappa shape index (κ3) is 11.8. The molecule has 0 aliphatic carbocycles. The predicted molar refractivity (Wildman–Crippen MR) is 123 cm³/mol. The van der Waals surface area contributed by atoms with Crippen LogP contribution in [0.2, 0.25) is 0 Å². The van der Waals surface area contributed by atoms with Crippen LogP contribution in [0.1, 0.15) is 38.3 Å². The summed E-state index contributed by atoms with van der Waals surface area (Å²) in [6.07, 6.45) is -3.95. The van der Waals surface area contributed by atoms with Crippen molar-refractivity contribution >= 4 is 29.9 Å². The molecule has 0 radical (unpaired) electrons. The Morgan fingerprint density at radius 3 is 2.47 bits per heavy atom. The third-order valence-electron chi connectivity index (χ3n) is 3.70. The van der Waals surface area contributed by atoms with Gasteiger partial charge in [0.1, 0.15) is 5.75 Å². The Kier molecular flexibility index (Phi) is 14.9. The number of halogens is 4. The summed E-state index contributed by atoms with van der Waals surface area (Å²) in [5.74, 6) is 0.651. The van der Waals surface area contributed by atoms with Gasteiger partial charge in [0.2, 0.25) is 0 Å². The van der Waals surface area contributed by atoms with Crippen LogP contribution in [-0.4, -0.2) is 52.1 Å². The molecule has 0 aliphatic heterocycles. The van der Waals surface area contributed by atoms with E-state index in [4.69, 9.17) is 14.2 Å². The number of guanidine groups is 1. The highest BCUT2D eigenvalue weighted by Crippen LogP contribution is 2.35. The number of benzene rings is 1. The Bertz CT molecular complexity index is 629. The molecule has 0 aromatic heterocycles. The van der Waals surface area contributed by atoms with Crippen LogP contribution in [-0.2, 0) is 22.2 Å². The molecule has 1 aromatic rings. The van der Waals surface area contributed by atoms with Gasteiger partial charge >= 0.3 is 6.18 Å². The number of methoxy groups -OCH3 is 1. The van der Waals surface area contributed by atoms with E-state index in [-0.39, 0.29) is 47.9 Å². The summed E-state index contributed by atoms with van der Waals surface area (Å²) < 4.78 is 56.0. The fourth-order valence-electron chi connectivity index (χ4n) is 2.43. The maximum atomic E-state index is 13.5. The van der Waals surface area contributed by atoms with Crippen molar-refractivity contribution in [3.63, 3.8) is 0 Å². The molecule has 2 N–H and O–H groups in total. The van der Waals surface area contributed by atoms with E-state index in [1.54, 1.807) is 21.0 Å². The first-order chi connectivity index (χ1) is 13.8. The van der Waals surface area contributed by atoms with Gasteiger partial charge in [-0.1, -0.05) is 6.07 Å². The third-order valence-corrected chi connectivity index (χ3v) is 3.70. The highest BCUT2D eigenvalue weighted by molar-refractivity contribution is 14.0. The predicted octanol–water partition coefficient (Wildman–Crippen LogP) is 4.22. The van der Waals surface area contributed by atoms with Crippen LogP contribution in [0.25, 0.3) is 0 Å². The lowest BCUT2D eigenvalue weighted by atomic mass is 10.1. The second-order valence-corrected chi connectivity index (χ2v) is 6.56. The molecule has 0 spiro atoms. The van der Waals surface area contributed by atoms with Crippen molar-refractivity contribution in [3.8, 4) is 5.75 Å². The lowest BCUT2D eigenvalue weighted by Gasteiger charge is -2.16. The Morgan fingerprint density at radius 2 is 1.87 bits per heavy atom. The van der Waals surface area contributed by atoms with Gasteiger partial charge in [0.15, 0.2) is 5.96 Å². The summed E-state index contributed by atoms with van der Waals surface area (Å²) in [5, 5.41) is 6.13. The molecule has 10 heteroatoms. The molecule has 0 atom stereocenters. The van der Waals surface area contributed by atoms with Crippen LogP contribution in [0, 0.1) is 0 Å². The molecule has 0 unspecified atom stereocenters. The molecule has 174 valence electrons. The smallest absolute Gasteiger partial charge is 0.416 e. The lowest BCUT2D eigenvalue weighted by Crippen LogP contribution is -2.38. The Morgan fingerprint density at radius 1 is 1.13 bits per heavy atom. The number of alkyl halides is 3. The quantitative estimate of drug-likeness (QED) is 0.178. The number of hydrogen-bond donors (Lipinski definition) is 2. The van der Waals surface area contributed by atoms with Crippen LogP contribution in [0.15, 0.2) is 23.2 Å². The van der Waals surface area contributed by atoms with Crippen LogP contribution >= 0.6 is 24.0 Å². The van der Waals surface area contributed by atoms with Gasteiger partial charge in [0.25, 0.3) is 0 Å². The van der Waals surface area contributed by atoms with Crippen molar-refractivity contribution in [1.82, 2.24) is 10.6 Å². The molecule has 6 nitrogen and oxygen atoms in total. The molecular weight excluding hydrogens is 514 g/mol. The first-order valence-corrected chi connectivity index (χ1v) is 9.73. The molecule has 0 saturated heterocycles. The van der Waals surface area contributed by atoms with Crippen LogP contribution in [0.5, 0.6) is 5.75 Å². The summed E-state index contributed by atoms with van der Waals surface area (Å²) in [6, 6.07) is 3.98. The minimum atomic E-state index is -4.48. The summed E-state index contributed by atoms with van der Waals surface area (Å²) >= 11 is 0. The maximum absolute atomic E-state index is 13.5. The number of aliphatic imine (C=N–C) groups is 1. The first-order valence-electron chi connectivity index (χ1n) is 9.73. The average Bonchev–Trinajstić information content (AvgIpc) is 2.64. The zero-order valence-corrected chi connectivity index (χ0v) is 20.3. The molecule has 1 aromatic carbocycles. The van der Waals surface area contributed by atoms with E-state index in [9.17, 15) is 13.2 Å². The van der Waals surface area contributed by atoms with E-state index in [1.807, 2.05) is 6.92 Å². The van der Waals surface area contributed by atoms with Crippen LogP contribution < -0.4 is 15.4 Å². The van der Waals surface area contributed by atoms with Crippen molar-refractivity contribution in [3.05, 3.63) is 29.3 Å². The van der Waals surface area contributed by atoms with Crippen molar-refractivity contribution in [2.45, 2.75) is 46.0 Å². The van der Waals surface area contributed by atoms with Crippen molar-refractivity contribution in [1.29, 1.82) is 0 Å². The molecule has 0 heterocycles. The molecular formula is C20H33F3IN3O3. The summed E-state index contributed by atoms with van der Waals surface area (Å²) in [5.41, 5.74) is -0.643. The van der Waals surface area contributed by atoms with Gasteiger partial charge in [-0.25, -0.2) is 4.99 Å². The van der Waals surface area contributed by atoms with Crippen LogP contribution in [0.4, 0.5) is 13.2 Å².